The minimum Gasteiger partial charge on any atom is -0.355 e. The molecule has 1 aliphatic carbocycles. The molecule has 2 amide bonds. The van der Waals surface area contributed by atoms with E-state index in [0.29, 0.717) is 37.5 Å². The van der Waals surface area contributed by atoms with Crippen LogP contribution in [-0.2, 0) is 16.0 Å². The number of hydrogen-bond acceptors (Lipinski definition) is 2. The number of carbonyl (C=O) groups is 2. The zero-order chi connectivity index (χ0) is 16.2. The van der Waals surface area contributed by atoms with Crippen LogP contribution in [0.4, 0.5) is 4.39 Å². The molecule has 1 saturated carbocycles. The molecule has 0 bridgehead atoms. The lowest BCUT2D eigenvalue weighted by Crippen LogP contribution is -2.37. The van der Waals surface area contributed by atoms with Crippen molar-refractivity contribution in [2.24, 2.45) is 5.92 Å². The minimum absolute atomic E-state index is 0.0878. The van der Waals surface area contributed by atoms with Crippen LogP contribution in [-0.4, -0.2) is 35.8 Å². The average Bonchev–Trinajstić information content (AvgIpc) is 3.18. The number of halogens is 1. The van der Waals surface area contributed by atoms with Gasteiger partial charge in [0, 0.05) is 25.6 Å². The van der Waals surface area contributed by atoms with Gasteiger partial charge < -0.3 is 10.2 Å². The van der Waals surface area contributed by atoms with E-state index in [1.807, 2.05) is 4.90 Å². The highest BCUT2D eigenvalue weighted by Gasteiger charge is 2.38. The summed E-state index contributed by atoms with van der Waals surface area (Å²) in [5.41, 5.74) is 0.600. The molecule has 124 valence electrons. The first kappa shape index (κ1) is 16.0. The summed E-state index contributed by atoms with van der Waals surface area (Å²) < 4.78 is 13.5. The molecular formula is C18H23FN2O2. The van der Waals surface area contributed by atoms with E-state index in [1.165, 1.54) is 18.9 Å². The fraction of sp³-hybridized carbons (Fsp3) is 0.556. The molecule has 1 aromatic carbocycles. The molecule has 1 atom stereocenters. The van der Waals surface area contributed by atoms with E-state index in [0.717, 1.165) is 12.8 Å². The number of amides is 2. The smallest absolute Gasteiger partial charge is 0.225 e. The number of benzene rings is 1. The molecule has 1 heterocycles. The molecule has 2 aliphatic rings. The van der Waals surface area contributed by atoms with Gasteiger partial charge in [0.05, 0.1) is 5.92 Å². The summed E-state index contributed by atoms with van der Waals surface area (Å²) in [4.78, 5) is 26.3. The molecule has 0 aromatic heterocycles. The molecule has 3 rings (SSSR count). The number of nitrogens with zero attached hydrogens (tertiary/aromatic N) is 1. The molecule has 1 aromatic rings. The molecule has 1 N–H and O–H groups in total. The van der Waals surface area contributed by atoms with E-state index in [2.05, 4.69) is 5.32 Å². The topological polar surface area (TPSA) is 49.4 Å². The fourth-order valence-electron chi connectivity index (χ4n) is 3.64. The highest BCUT2D eigenvalue weighted by Crippen LogP contribution is 2.29. The second-order valence-corrected chi connectivity index (χ2v) is 6.52. The van der Waals surface area contributed by atoms with E-state index in [9.17, 15) is 14.0 Å². The van der Waals surface area contributed by atoms with Crippen molar-refractivity contribution in [1.29, 1.82) is 0 Å². The van der Waals surface area contributed by atoms with Crippen molar-refractivity contribution in [3.05, 3.63) is 35.6 Å². The van der Waals surface area contributed by atoms with E-state index in [1.54, 1.807) is 18.2 Å². The number of nitrogens with one attached hydrogen (secondary N) is 1. The Kier molecular flexibility index (Phi) is 4.94. The second-order valence-electron chi connectivity index (χ2n) is 6.52. The molecule has 23 heavy (non-hydrogen) atoms. The maximum Gasteiger partial charge on any atom is 0.225 e. The molecule has 0 spiro atoms. The van der Waals surface area contributed by atoms with Gasteiger partial charge in [0.15, 0.2) is 0 Å². The van der Waals surface area contributed by atoms with Crippen molar-refractivity contribution in [2.45, 2.75) is 44.6 Å². The number of likely N-dealkylation sites (tertiary alicyclic amines) is 1. The fourth-order valence-corrected chi connectivity index (χ4v) is 3.64. The van der Waals surface area contributed by atoms with E-state index < -0.39 is 0 Å². The Bertz CT molecular complexity index is 584. The summed E-state index contributed by atoms with van der Waals surface area (Å²) in [6.07, 6.45) is 5.25. The van der Waals surface area contributed by atoms with Gasteiger partial charge in [-0.05, 0) is 30.9 Å². The Morgan fingerprint density at radius 2 is 2.00 bits per heavy atom. The van der Waals surface area contributed by atoms with Gasteiger partial charge in [-0.15, -0.1) is 0 Å². The number of rotatable bonds is 5. The molecule has 4 nitrogen and oxygen atoms in total. The summed E-state index contributed by atoms with van der Waals surface area (Å²) in [5, 5.41) is 2.85. The van der Waals surface area contributed by atoms with Crippen molar-refractivity contribution in [2.75, 3.05) is 13.1 Å². The summed E-state index contributed by atoms with van der Waals surface area (Å²) in [6.45, 7) is 0.933. The standard InChI is InChI=1S/C18H23FN2O2/c19-16-8-4-1-5-13(16)9-10-20-18(23)14-11-17(22)21(12-14)15-6-2-3-7-15/h1,4-5,8,14-15H,2-3,6-7,9-12H2,(H,20,23)/t14-/m0/s1. The van der Waals surface area contributed by atoms with Crippen LogP contribution >= 0.6 is 0 Å². The maximum atomic E-state index is 13.5. The molecule has 0 radical (unpaired) electrons. The third-order valence-electron chi connectivity index (χ3n) is 4.95. The van der Waals surface area contributed by atoms with Crippen LogP contribution < -0.4 is 5.32 Å². The average molecular weight is 318 g/mol. The summed E-state index contributed by atoms with van der Waals surface area (Å²) in [7, 11) is 0. The summed E-state index contributed by atoms with van der Waals surface area (Å²) >= 11 is 0. The monoisotopic (exact) mass is 318 g/mol. The number of carbonyl (C=O) groups excluding carboxylic acids is 2. The van der Waals surface area contributed by atoms with Gasteiger partial charge in [-0.2, -0.15) is 0 Å². The van der Waals surface area contributed by atoms with Gasteiger partial charge in [-0.1, -0.05) is 31.0 Å². The van der Waals surface area contributed by atoms with Crippen LogP contribution in [0, 0.1) is 11.7 Å². The van der Waals surface area contributed by atoms with Gasteiger partial charge in [-0.25, -0.2) is 4.39 Å². The van der Waals surface area contributed by atoms with Crippen molar-refractivity contribution in [3.63, 3.8) is 0 Å². The Balaban J connectivity index is 1.47. The summed E-state index contributed by atoms with van der Waals surface area (Å²) in [6, 6.07) is 6.92. The van der Waals surface area contributed by atoms with Crippen LogP contribution in [0.3, 0.4) is 0 Å². The SMILES string of the molecule is O=C(NCCc1ccccc1F)[C@H]1CC(=O)N(C2CCCC2)C1. The predicted octanol–water partition coefficient (Wildman–Crippen LogP) is 2.28. The van der Waals surface area contributed by atoms with E-state index in [4.69, 9.17) is 0 Å². The third-order valence-corrected chi connectivity index (χ3v) is 4.95. The zero-order valence-electron chi connectivity index (χ0n) is 13.3. The first-order chi connectivity index (χ1) is 11.1. The van der Waals surface area contributed by atoms with Crippen LogP contribution in [0.25, 0.3) is 0 Å². The van der Waals surface area contributed by atoms with Crippen molar-refractivity contribution >= 4 is 11.8 Å². The Morgan fingerprint density at radius 3 is 2.74 bits per heavy atom. The summed E-state index contributed by atoms with van der Waals surface area (Å²) in [5.74, 6) is -0.490. The van der Waals surface area contributed by atoms with Crippen molar-refractivity contribution in [3.8, 4) is 0 Å². The lowest BCUT2D eigenvalue weighted by molar-refractivity contribution is -0.130. The lowest BCUT2D eigenvalue weighted by Gasteiger charge is -2.23. The van der Waals surface area contributed by atoms with Gasteiger partial charge in [0.25, 0.3) is 0 Å². The van der Waals surface area contributed by atoms with Gasteiger partial charge >= 0.3 is 0 Å². The first-order valence-electron chi connectivity index (χ1n) is 8.45. The molecule has 1 aliphatic heterocycles. The van der Waals surface area contributed by atoms with E-state index >= 15 is 0 Å². The molecule has 1 saturated heterocycles. The molecule has 5 heteroatoms. The van der Waals surface area contributed by atoms with Crippen molar-refractivity contribution in [1.82, 2.24) is 10.2 Å². The quantitative estimate of drug-likeness (QED) is 0.905. The number of hydrogen-bond donors (Lipinski definition) is 1. The Labute approximate surface area is 136 Å². The maximum absolute atomic E-state index is 13.5. The zero-order valence-corrected chi connectivity index (χ0v) is 13.3. The normalized spacial score (nSPS) is 21.9. The van der Waals surface area contributed by atoms with Crippen LogP contribution in [0.2, 0.25) is 0 Å². The highest BCUT2D eigenvalue weighted by atomic mass is 19.1. The van der Waals surface area contributed by atoms with Crippen LogP contribution in [0.1, 0.15) is 37.7 Å². The largest absolute Gasteiger partial charge is 0.355 e. The molecule has 0 unspecified atom stereocenters. The molecular weight excluding hydrogens is 295 g/mol. The second kappa shape index (κ2) is 7.11. The van der Waals surface area contributed by atoms with Gasteiger partial charge in [-0.3, -0.25) is 9.59 Å². The van der Waals surface area contributed by atoms with Crippen LogP contribution in [0.5, 0.6) is 0 Å². The predicted molar refractivity (Wildman–Crippen MR) is 85.2 cm³/mol. The molecule has 2 fully saturated rings. The third kappa shape index (κ3) is 3.71. The van der Waals surface area contributed by atoms with Gasteiger partial charge in [0.1, 0.15) is 5.82 Å². The lowest BCUT2D eigenvalue weighted by atomic mass is 10.1. The van der Waals surface area contributed by atoms with Crippen LogP contribution in [0.15, 0.2) is 24.3 Å². The Hall–Kier alpha value is -1.91. The van der Waals surface area contributed by atoms with E-state index in [-0.39, 0.29) is 23.5 Å². The van der Waals surface area contributed by atoms with Crippen molar-refractivity contribution < 1.29 is 14.0 Å². The first-order valence-corrected chi connectivity index (χ1v) is 8.45. The van der Waals surface area contributed by atoms with Gasteiger partial charge in [0.2, 0.25) is 11.8 Å². The Morgan fingerprint density at radius 1 is 1.26 bits per heavy atom. The highest BCUT2D eigenvalue weighted by molar-refractivity contribution is 5.89. The minimum atomic E-state index is -0.260.